The second-order valence-corrected chi connectivity index (χ2v) is 5.25. The highest BCUT2D eigenvalue weighted by Crippen LogP contribution is 2.22. The first-order valence-electron chi connectivity index (χ1n) is 6.73. The second kappa shape index (κ2) is 6.49. The molecular formula is C13H25NO. The molecule has 1 unspecified atom stereocenters. The molecule has 0 bridgehead atoms. The normalized spacial score (nSPS) is 29.2. The predicted octanol–water partition coefficient (Wildman–Crippen LogP) is 2.58. The average molecular weight is 211 g/mol. The first-order valence-corrected chi connectivity index (χ1v) is 6.73. The Labute approximate surface area is 93.8 Å². The third kappa shape index (κ3) is 4.12. The molecule has 0 radical (unpaired) electrons. The largest absolute Gasteiger partial charge is 0.381 e. The Morgan fingerprint density at radius 1 is 0.867 bits per heavy atom. The number of rotatable bonds is 4. The highest BCUT2D eigenvalue weighted by atomic mass is 16.5. The zero-order valence-corrected chi connectivity index (χ0v) is 9.84. The summed E-state index contributed by atoms with van der Waals surface area (Å²) in [6.07, 6.45) is 9.90. The fourth-order valence-corrected chi connectivity index (χ4v) is 2.85. The monoisotopic (exact) mass is 211 g/mol. The van der Waals surface area contributed by atoms with Gasteiger partial charge in [-0.1, -0.05) is 19.3 Å². The Balaban J connectivity index is 1.53. The van der Waals surface area contributed by atoms with Crippen molar-refractivity contribution in [3.8, 4) is 0 Å². The van der Waals surface area contributed by atoms with Crippen LogP contribution in [0.1, 0.15) is 44.9 Å². The van der Waals surface area contributed by atoms with Crippen LogP contribution in [0, 0.1) is 11.8 Å². The summed E-state index contributed by atoms with van der Waals surface area (Å²) in [4.78, 5) is 0. The van der Waals surface area contributed by atoms with Crippen molar-refractivity contribution >= 4 is 0 Å². The summed E-state index contributed by atoms with van der Waals surface area (Å²) in [5.74, 6) is 1.74. The molecule has 1 atom stereocenters. The number of nitrogens with one attached hydrogen (secondary N) is 1. The SMILES string of the molecule is C1CCC(CNCC2CCCOC2)CC1. The van der Waals surface area contributed by atoms with Gasteiger partial charge in [0.2, 0.25) is 0 Å². The van der Waals surface area contributed by atoms with Crippen molar-refractivity contribution < 1.29 is 4.74 Å². The Hall–Kier alpha value is -0.0800. The van der Waals surface area contributed by atoms with E-state index in [9.17, 15) is 0 Å². The zero-order valence-electron chi connectivity index (χ0n) is 9.84. The molecule has 1 aliphatic heterocycles. The lowest BCUT2D eigenvalue weighted by atomic mass is 9.89. The lowest BCUT2D eigenvalue weighted by molar-refractivity contribution is 0.0543. The van der Waals surface area contributed by atoms with Gasteiger partial charge in [0.1, 0.15) is 0 Å². The molecule has 1 aliphatic carbocycles. The van der Waals surface area contributed by atoms with Gasteiger partial charge >= 0.3 is 0 Å². The van der Waals surface area contributed by atoms with Gasteiger partial charge in [-0.2, -0.15) is 0 Å². The van der Waals surface area contributed by atoms with Crippen molar-refractivity contribution in [3.05, 3.63) is 0 Å². The van der Waals surface area contributed by atoms with Crippen molar-refractivity contribution in [1.29, 1.82) is 0 Å². The van der Waals surface area contributed by atoms with E-state index in [0.29, 0.717) is 0 Å². The molecule has 1 saturated carbocycles. The van der Waals surface area contributed by atoms with Crippen molar-refractivity contribution in [1.82, 2.24) is 5.32 Å². The Bertz CT molecular complexity index is 142. The van der Waals surface area contributed by atoms with Gasteiger partial charge in [-0.15, -0.1) is 0 Å². The molecule has 2 rings (SSSR count). The van der Waals surface area contributed by atoms with Crippen LogP contribution in [0.4, 0.5) is 0 Å². The van der Waals surface area contributed by atoms with Gasteiger partial charge < -0.3 is 10.1 Å². The van der Waals surface area contributed by atoms with Crippen LogP contribution in [0.2, 0.25) is 0 Å². The van der Waals surface area contributed by atoms with E-state index in [-0.39, 0.29) is 0 Å². The standard InChI is InChI=1S/C13H25NO/c1-2-5-12(6-3-1)9-14-10-13-7-4-8-15-11-13/h12-14H,1-11H2. The third-order valence-corrected chi connectivity index (χ3v) is 3.85. The summed E-state index contributed by atoms with van der Waals surface area (Å²) in [5, 5.41) is 3.64. The Morgan fingerprint density at radius 3 is 2.33 bits per heavy atom. The first-order chi connectivity index (χ1) is 7.45. The fourth-order valence-electron chi connectivity index (χ4n) is 2.85. The van der Waals surface area contributed by atoms with Crippen LogP contribution < -0.4 is 5.32 Å². The van der Waals surface area contributed by atoms with Gasteiger partial charge in [-0.25, -0.2) is 0 Å². The van der Waals surface area contributed by atoms with Gasteiger partial charge in [-0.3, -0.25) is 0 Å². The molecular weight excluding hydrogens is 186 g/mol. The number of hydrogen-bond donors (Lipinski definition) is 1. The van der Waals surface area contributed by atoms with Crippen LogP contribution in [0.15, 0.2) is 0 Å². The summed E-state index contributed by atoms with van der Waals surface area (Å²) < 4.78 is 5.48. The molecule has 2 fully saturated rings. The lowest BCUT2D eigenvalue weighted by Crippen LogP contribution is -2.32. The van der Waals surface area contributed by atoms with Gasteiger partial charge in [0.15, 0.2) is 0 Å². The van der Waals surface area contributed by atoms with Crippen LogP contribution >= 0.6 is 0 Å². The van der Waals surface area contributed by atoms with Crippen molar-refractivity contribution in [2.45, 2.75) is 44.9 Å². The molecule has 2 aliphatic rings. The highest BCUT2D eigenvalue weighted by Gasteiger charge is 2.16. The van der Waals surface area contributed by atoms with Crippen LogP contribution in [-0.4, -0.2) is 26.3 Å². The fraction of sp³-hybridized carbons (Fsp3) is 1.00. The molecule has 2 heteroatoms. The smallest absolute Gasteiger partial charge is 0.0506 e. The molecule has 1 saturated heterocycles. The van der Waals surface area contributed by atoms with Gasteiger partial charge in [0, 0.05) is 13.2 Å². The lowest BCUT2D eigenvalue weighted by Gasteiger charge is -2.25. The van der Waals surface area contributed by atoms with E-state index in [1.807, 2.05) is 0 Å². The molecule has 88 valence electrons. The number of ether oxygens (including phenoxy) is 1. The van der Waals surface area contributed by atoms with Crippen molar-refractivity contribution in [2.75, 3.05) is 26.3 Å². The summed E-state index contributed by atoms with van der Waals surface area (Å²) in [5.41, 5.74) is 0. The molecule has 0 aromatic heterocycles. The molecule has 0 amide bonds. The van der Waals surface area contributed by atoms with Gasteiger partial charge in [0.05, 0.1) is 6.61 Å². The maximum Gasteiger partial charge on any atom is 0.0506 e. The van der Waals surface area contributed by atoms with E-state index in [1.165, 1.54) is 58.0 Å². The Morgan fingerprint density at radius 2 is 1.60 bits per heavy atom. The predicted molar refractivity (Wildman–Crippen MR) is 63.0 cm³/mol. The van der Waals surface area contributed by atoms with E-state index in [0.717, 1.165) is 25.0 Å². The van der Waals surface area contributed by atoms with E-state index in [1.54, 1.807) is 0 Å². The molecule has 2 nitrogen and oxygen atoms in total. The average Bonchev–Trinajstić information content (AvgIpc) is 2.32. The van der Waals surface area contributed by atoms with Crippen LogP contribution in [-0.2, 0) is 4.74 Å². The van der Waals surface area contributed by atoms with E-state index in [2.05, 4.69) is 5.32 Å². The van der Waals surface area contributed by atoms with Crippen molar-refractivity contribution in [3.63, 3.8) is 0 Å². The maximum atomic E-state index is 5.48. The van der Waals surface area contributed by atoms with Crippen LogP contribution in [0.3, 0.4) is 0 Å². The van der Waals surface area contributed by atoms with Gasteiger partial charge in [0.25, 0.3) is 0 Å². The third-order valence-electron chi connectivity index (χ3n) is 3.85. The minimum Gasteiger partial charge on any atom is -0.381 e. The number of hydrogen-bond acceptors (Lipinski definition) is 2. The van der Waals surface area contributed by atoms with Gasteiger partial charge in [-0.05, 0) is 44.1 Å². The zero-order chi connectivity index (χ0) is 10.3. The highest BCUT2D eigenvalue weighted by molar-refractivity contribution is 4.70. The molecule has 15 heavy (non-hydrogen) atoms. The molecule has 0 aromatic carbocycles. The minimum absolute atomic E-state index is 0.780. The molecule has 0 spiro atoms. The van der Waals surface area contributed by atoms with Crippen LogP contribution in [0.5, 0.6) is 0 Å². The van der Waals surface area contributed by atoms with E-state index in [4.69, 9.17) is 4.74 Å². The topological polar surface area (TPSA) is 21.3 Å². The summed E-state index contributed by atoms with van der Waals surface area (Å²) in [7, 11) is 0. The second-order valence-electron chi connectivity index (χ2n) is 5.25. The van der Waals surface area contributed by atoms with Crippen molar-refractivity contribution in [2.24, 2.45) is 11.8 Å². The maximum absolute atomic E-state index is 5.48. The molecule has 0 aromatic rings. The van der Waals surface area contributed by atoms with Crippen LogP contribution in [0.25, 0.3) is 0 Å². The van der Waals surface area contributed by atoms with E-state index < -0.39 is 0 Å². The molecule has 1 N–H and O–H groups in total. The summed E-state index contributed by atoms with van der Waals surface area (Å²) >= 11 is 0. The Kier molecular flexibility index (Phi) is 4.94. The summed E-state index contributed by atoms with van der Waals surface area (Å²) in [6.45, 7) is 4.39. The molecule has 1 heterocycles. The van der Waals surface area contributed by atoms with E-state index >= 15 is 0 Å². The minimum atomic E-state index is 0.780. The quantitative estimate of drug-likeness (QED) is 0.771. The summed E-state index contributed by atoms with van der Waals surface area (Å²) in [6, 6.07) is 0. The first kappa shape index (κ1) is 11.4.